The van der Waals surface area contributed by atoms with E-state index < -0.39 is 0 Å². The van der Waals surface area contributed by atoms with Crippen LogP contribution >= 0.6 is 0 Å². The van der Waals surface area contributed by atoms with Crippen LogP contribution in [0.2, 0.25) is 0 Å². The van der Waals surface area contributed by atoms with Crippen molar-refractivity contribution in [2.45, 2.75) is 26.3 Å². The Hall–Kier alpha value is -3.02. The summed E-state index contributed by atoms with van der Waals surface area (Å²) in [6.45, 7) is 2.97. The molecule has 1 N–H and O–H groups in total. The van der Waals surface area contributed by atoms with Crippen molar-refractivity contribution in [2.75, 3.05) is 0 Å². The lowest BCUT2D eigenvalue weighted by Crippen LogP contribution is -1.95. The second kappa shape index (κ2) is 4.99. The molecule has 0 aliphatic carbocycles. The topological polar surface area (TPSA) is 72.3 Å². The summed E-state index contributed by atoms with van der Waals surface area (Å²) in [5, 5.41) is 12.8. The van der Waals surface area contributed by atoms with Gasteiger partial charge in [0.05, 0.1) is 11.9 Å². The van der Waals surface area contributed by atoms with Crippen LogP contribution in [0.1, 0.15) is 17.8 Å². The zero-order chi connectivity index (χ0) is 16.1. The van der Waals surface area contributed by atoms with Gasteiger partial charge in [0, 0.05) is 40.6 Å². The molecule has 0 unspecified atom stereocenters. The van der Waals surface area contributed by atoms with E-state index in [0.717, 1.165) is 58.6 Å². The van der Waals surface area contributed by atoms with E-state index in [2.05, 4.69) is 30.9 Å². The van der Waals surface area contributed by atoms with Crippen LogP contribution in [0.4, 0.5) is 0 Å². The third-order valence-corrected chi connectivity index (χ3v) is 4.55. The van der Waals surface area contributed by atoms with Crippen LogP contribution in [0.25, 0.3) is 33.5 Å². The van der Waals surface area contributed by atoms with Gasteiger partial charge in [-0.3, -0.25) is 14.8 Å². The molecule has 6 heteroatoms. The highest BCUT2D eigenvalue weighted by atomic mass is 15.3. The molecule has 6 nitrogen and oxygen atoms in total. The number of aryl methyl sites for hydroxylation is 2. The lowest BCUT2D eigenvalue weighted by Gasteiger charge is -2.05. The Bertz CT molecular complexity index is 1060. The first kappa shape index (κ1) is 13.4. The monoisotopic (exact) mass is 316 g/mol. The molecule has 0 saturated carbocycles. The smallest absolute Gasteiger partial charge is 0.155 e. The van der Waals surface area contributed by atoms with Gasteiger partial charge in [-0.15, -0.1) is 0 Å². The maximum Gasteiger partial charge on any atom is 0.155 e. The Morgan fingerprint density at radius 3 is 3.08 bits per heavy atom. The number of aromatic nitrogens is 6. The first-order valence-electron chi connectivity index (χ1n) is 8.13. The molecule has 5 rings (SSSR count). The van der Waals surface area contributed by atoms with Crippen LogP contribution in [-0.4, -0.2) is 29.9 Å². The summed E-state index contributed by atoms with van der Waals surface area (Å²) < 4.78 is 2.12. The Morgan fingerprint density at radius 2 is 2.17 bits per heavy atom. The van der Waals surface area contributed by atoms with Gasteiger partial charge in [0.1, 0.15) is 5.69 Å². The van der Waals surface area contributed by atoms with E-state index in [1.807, 2.05) is 31.3 Å². The molecule has 0 radical (unpaired) electrons. The second-order valence-corrected chi connectivity index (χ2v) is 6.19. The highest BCUT2D eigenvalue weighted by molar-refractivity contribution is 5.86. The molecule has 1 aliphatic rings. The SMILES string of the molecule is Cc1cccc(-c2nn3c(c2-c2cnc4[nH]ncc4c2)CCC3)n1. The first-order valence-corrected chi connectivity index (χ1v) is 8.13. The zero-order valence-electron chi connectivity index (χ0n) is 13.3. The van der Waals surface area contributed by atoms with Crippen LogP contribution in [0.15, 0.2) is 36.7 Å². The molecule has 4 aromatic heterocycles. The summed E-state index contributed by atoms with van der Waals surface area (Å²) in [5.74, 6) is 0. The van der Waals surface area contributed by atoms with Crippen LogP contribution in [-0.2, 0) is 13.0 Å². The summed E-state index contributed by atoms with van der Waals surface area (Å²) in [4.78, 5) is 9.18. The normalized spacial score (nSPS) is 13.5. The second-order valence-electron chi connectivity index (χ2n) is 6.19. The number of hydrogen-bond donors (Lipinski definition) is 1. The van der Waals surface area contributed by atoms with Crippen molar-refractivity contribution >= 4 is 11.0 Å². The number of fused-ring (bicyclic) bond motifs is 2. The molecular formula is C18H16N6. The van der Waals surface area contributed by atoms with Gasteiger partial charge in [-0.25, -0.2) is 4.98 Å². The van der Waals surface area contributed by atoms with Crippen LogP contribution < -0.4 is 0 Å². The average Bonchev–Trinajstić information content (AvgIpc) is 3.29. The molecule has 0 atom stereocenters. The van der Waals surface area contributed by atoms with Crippen molar-refractivity contribution in [3.8, 4) is 22.5 Å². The molecule has 1 aliphatic heterocycles. The van der Waals surface area contributed by atoms with Crippen molar-refractivity contribution in [3.63, 3.8) is 0 Å². The van der Waals surface area contributed by atoms with Gasteiger partial charge in [-0.1, -0.05) is 6.07 Å². The molecule has 0 spiro atoms. The van der Waals surface area contributed by atoms with E-state index in [4.69, 9.17) is 5.10 Å². The summed E-state index contributed by atoms with van der Waals surface area (Å²) in [6.07, 6.45) is 5.88. The number of nitrogens with zero attached hydrogens (tertiary/aromatic N) is 5. The van der Waals surface area contributed by atoms with E-state index in [0.29, 0.717) is 0 Å². The molecule has 0 fully saturated rings. The van der Waals surface area contributed by atoms with Crippen molar-refractivity contribution in [1.82, 2.24) is 29.9 Å². The van der Waals surface area contributed by atoms with Crippen molar-refractivity contribution < 1.29 is 0 Å². The number of nitrogens with one attached hydrogen (secondary N) is 1. The van der Waals surface area contributed by atoms with Gasteiger partial charge in [0.25, 0.3) is 0 Å². The fraction of sp³-hybridized carbons (Fsp3) is 0.222. The van der Waals surface area contributed by atoms with Crippen LogP contribution in [0, 0.1) is 6.92 Å². The zero-order valence-corrected chi connectivity index (χ0v) is 13.3. The van der Waals surface area contributed by atoms with E-state index in [-0.39, 0.29) is 0 Å². The Morgan fingerprint density at radius 1 is 1.21 bits per heavy atom. The molecular weight excluding hydrogens is 300 g/mol. The van der Waals surface area contributed by atoms with E-state index in [9.17, 15) is 0 Å². The lowest BCUT2D eigenvalue weighted by atomic mass is 10.0. The van der Waals surface area contributed by atoms with Crippen LogP contribution in [0.5, 0.6) is 0 Å². The predicted octanol–water partition coefficient (Wildman–Crippen LogP) is 3.14. The largest absolute Gasteiger partial charge is 0.268 e. The third kappa shape index (κ3) is 1.96. The molecule has 0 aromatic carbocycles. The Balaban J connectivity index is 1.77. The molecule has 24 heavy (non-hydrogen) atoms. The molecule has 0 saturated heterocycles. The number of H-pyrrole nitrogens is 1. The number of hydrogen-bond acceptors (Lipinski definition) is 4. The fourth-order valence-electron chi connectivity index (χ4n) is 3.46. The maximum absolute atomic E-state index is 4.85. The summed E-state index contributed by atoms with van der Waals surface area (Å²) >= 11 is 0. The average molecular weight is 316 g/mol. The lowest BCUT2D eigenvalue weighted by molar-refractivity contribution is 0.658. The van der Waals surface area contributed by atoms with E-state index in [1.54, 1.807) is 6.20 Å². The quantitative estimate of drug-likeness (QED) is 0.616. The summed E-state index contributed by atoms with van der Waals surface area (Å²) in [7, 11) is 0. The van der Waals surface area contributed by atoms with Crippen molar-refractivity contribution in [3.05, 3.63) is 48.0 Å². The van der Waals surface area contributed by atoms with Gasteiger partial charge in [0.15, 0.2) is 5.65 Å². The first-order chi connectivity index (χ1) is 11.8. The maximum atomic E-state index is 4.85. The predicted molar refractivity (Wildman–Crippen MR) is 91.4 cm³/mol. The standard InChI is InChI=1S/C18H16N6/c1-11-4-2-5-14(21-11)17-16(15-6-3-7-24(15)23-17)12-8-13-10-20-22-18(13)19-9-12/h2,4-5,8-10H,3,6-7H2,1H3,(H,19,20,22). The molecule has 0 bridgehead atoms. The highest BCUT2D eigenvalue weighted by Crippen LogP contribution is 2.37. The van der Waals surface area contributed by atoms with Gasteiger partial charge < -0.3 is 0 Å². The Labute approximate surface area is 138 Å². The van der Waals surface area contributed by atoms with Gasteiger partial charge in [0.2, 0.25) is 0 Å². The molecule has 0 amide bonds. The minimum atomic E-state index is 0.804. The van der Waals surface area contributed by atoms with Crippen LogP contribution in [0.3, 0.4) is 0 Å². The third-order valence-electron chi connectivity index (χ3n) is 4.55. The minimum absolute atomic E-state index is 0.804. The van der Waals surface area contributed by atoms with Crippen molar-refractivity contribution in [2.24, 2.45) is 0 Å². The Kier molecular flexibility index (Phi) is 2.79. The van der Waals surface area contributed by atoms with Gasteiger partial charge in [-0.2, -0.15) is 10.2 Å². The van der Waals surface area contributed by atoms with E-state index >= 15 is 0 Å². The fourth-order valence-corrected chi connectivity index (χ4v) is 3.46. The summed E-state index contributed by atoms with van der Waals surface area (Å²) in [6, 6.07) is 8.19. The molecule has 5 heterocycles. The van der Waals surface area contributed by atoms with Crippen molar-refractivity contribution in [1.29, 1.82) is 0 Å². The highest BCUT2D eigenvalue weighted by Gasteiger charge is 2.24. The number of aromatic amines is 1. The van der Waals surface area contributed by atoms with Gasteiger partial charge in [-0.05, 0) is 38.0 Å². The number of rotatable bonds is 2. The molecule has 4 aromatic rings. The van der Waals surface area contributed by atoms with E-state index in [1.165, 1.54) is 5.69 Å². The summed E-state index contributed by atoms with van der Waals surface area (Å²) in [5.41, 5.74) is 7.16. The number of pyridine rings is 2. The van der Waals surface area contributed by atoms with Gasteiger partial charge >= 0.3 is 0 Å². The molecule has 118 valence electrons. The minimum Gasteiger partial charge on any atom is -0.268 e.